The topological polar surface area (TPSA) is 40.5 Å². The molecule has 1 amide bonds. The molecule has 1 unspecified atom stereocenters. The lowest BCUT2D eigenvalue weighted by Gasteiger charge is -2.38. The summed E-state index contributed by atoms with van der Waals surface area (Å²) in [7, 11) is 0. The summed E-state index contributed by atoms with van der Waals surface area (Å²) in [6.07, 6.45) is 0.802. The van der Waals surface area contributed by atoms with E-state index in [-0.39, 0.29) is 17.7 Å². The van der Waals surface area contributed by atoms with E-state index in [4.69, 9.17) is 0 Å². The first-order valence-electron chi connectivity index (χ1n) is 9.88. The summed E-state index contributed by atoms with van der Waals surface area (Å²) in [6, 6.07) is 29.0. The Balaban J connectivity index is 1.74. The fourth-order valence-electron chi connectivity index (χ4n) is 4.41. The van der Waals surface area contributed by atoms with E-state index < -0.39 is 0 Å². The second kappa shape index (κ2) is 7.10. The predicted octanol–water partition coefficient (Wildman–Crippen LogP) is 5.33. The second-order valence-electron chi connectivity index (χ2n) is 7.44. The number of amides is 1. The van der Waals surface area contributed by atoms with Gasteiger partial charge >= 0.3 is 0 Å². The van der Waals surface area contributed by atoms with Crippen molar-refractivity contribution in [2.24, 2.45) is 0 Å². The number of phenols is 1. The fraction of sp³-hybridized carbons (Fsp3) is 0.115. The van der Waals surface area contributed by atoms with Crippen molar-refractivity contribution in [3.63, 3.8) is 0 Å². The van der Waals surface area contributed by atoms with Crippen LogP contribution in [0.1, 0.15) is 33.1 Å². The minimum absolute atomic E-state index is 0.0163. The smallest absolute Gasteiger partial charge is 0.254 e. The third kappa shape index (κ3) is 2.95. The maximum absolute atomic E-state index is 13.5. The van der Waals surface area contributed by atoms with Crippen LogP contribution in [0.3, 0.4) is 0 Å². The van der Waals surface area contributed by atoms with Crippen LogP contribution in [0.25, 0.3) is 10.8 Å². The number of benzene rings is 4. The molecule has 5 rings (SSSR count). The van der Waals surface area contributed by atoms with Crippen LogP contribution in [0, 0.1) is 0 Å². The molecular formula is C26H21NO2. The summed E-state index contributed by atoms with van der Waals surface area (Å²) < 4.78 is 0. The molecule has 0 aliphatic carbocycles. The van der Waals surface area contributed by atoms with E-state index in [1.165, 1.54) is 5.56 Å². The van der Waals surface area contributed by atoms with Crippen molar-refractivity contribution < 1.29 is 9.90 Å². The van der Waals surface area contributed by atoms with Crippen molar-refractivity contribution in [2.45, 2.75) is 12.5 Å². The van der Waals surface area contributed by atoms with Gasteiger partial charge in [0.1, 0.15) is 5.75 Å². The lowest BCUT2D eigenvalue weighted by Crippen LogP contribution is -2.40. The molecule has 0 saturated carbocycles. The Kier molecular flexibility index (Phi) is 4.28. The molecule has 142 valence electrons. The minimum atomic E-state index is -0.334. The van der Waals surface area contributed by atoms with Gasteiger partial charge in [0.2, 0.25) is 0 Å². The summed E-state index contributed by atoms with van der Waals surface area (Å²) in [6.45, 7) is 0.609. The molecule has 4 aromatic rings. The first kappa shape index (κ1) is 17.5. The van der Waals surface area contributed by atoms with Gasteiger partial charge in [0.25, 0.3) is 5.91 Å². The van der Waals surface area contributed by atoms with Crippen molar-refractivity contribution in [3.05, 3.63) is 113 Å². The zero-order chi connectivity index (χ0) is 19.8. The number of carbonyl (C=O) groups is 1. The van der Waals surface area contributed by atoms with E-state index in [1.807, 2.05) is 77.7 Å². The van der Waals surface area contributed by atoms with Gasteiger partial charge in [0.05, 0.1) is 6.04 Å². The van der Waals surface area contributed by atoms with Gasteiger partial charge in [-0.3, -0.25) is 4.79 Å². The highest BCUT2D eigenvalue weighted by Crippen LogP contribution is 2.43. The van der Waals surface area contributed by atoms with E-state index in [9.17, 15) is 9.90 Å². The van der Waals surface area contributed by atoms with Gasteiger partial charge in [-0.25, -0.2) is 0 Å². The number of carbonyl (C=O) groups excluding carboxylic acids is 1. The van der Waals surface area contributed by atoms with Crippen molar-refractivity contribution in [1.29, 1.82) is 0 Å². The summed E-state index contributed by atoms with van der Waals surface area (Å²) >= 11 is 0. The number of hydrogen-bond donors (Lipinski definition) is 1. The Labute approximate surface area is 169 Å². The highest BCUT2D eigenvalue weighted by molar-refractivity contribution is 5.96. The van der Waals surface area contributed by atoms with Gasteiger partial charge in [-0.2, -0.15) is 0 Å². The third-order valence-electron chi connectivity index (χ3n) is 5.79. The molecule has 0 bridgehead atoms. The molecule has 1 heterocycles. The maximum atomic E-state index is 13.5. The van der Waals surface area contributed by atoms with E-state index in [2.05, 4.69) is 12.1 Å². The van der Waals surface area contributed by atoms with E-state index in [0.717, 1.165) is 28.3 Å². The number of fused-ring (bicyclic) bond motifs is 2. The molecule has 1 N–H and O–H groups in total. The molecule has 0 spiro atoms. The van der Waals surface area contributed by atoms with Crippen molar-refractivity contribution in [1.82, 2.24) is 4.90 Å². The maximum Gasteiger partial charge on any atom is 0.254 e. The zero-order valence-corrected chi connectivity index (χ0v) is 16.0. The van der Waals surface area contributed by atoms with Gasteiger partial charge < -0.3 is 10.0 Å². The normalized spacial score (nSPS) is 15.9. The van der Waals surface area contributed by atoms with E-state index in [1.54, 1.807) is 6.07 Å². The molecule has 0 fully saturated rings. The van der Waals surface area contributed by atoms with E-state index in [0.29, 0.717) is 12.1 Å². The van der Waals surface area contributed by atoms with Crippen LogP contribution in [0.15, 0.2) is 91.0 Å². The van der Waals surface area contributed by atoms with Crippen molar-refractivity contribution >= 4 is 16.7 Å². The Morgan fingerprint density at radius 2 is 1.55 bits per heavy atom. The SMILES string of the molecule is O=C(c1ccccc1)N1CCc2ccccc2C1c1c(O)ccc2ccccc12. The average Bonchev–Trinajstić information content (AvgIpc) is 2.79. The Hall–Kier alpha value is -3.59. The van der Waals surface area contributed by atoms with E-state index >= 15 is 0 Å². The Morgan fingerprint density at radius 3 is 2.41 bits per heavy atom. The molecule has 1 aliphatic rings. The zero-order valence-electron chi connectivity index (χ0n) is 16.0. The molecular weight excluding hydrogens is 358 g/mol. The van der Waals surface area contributed by atoms with Crippen LogP contribution in [0.5, 0.6) is 5.75 Å². The number of rotatable bonds is 2. The third-order valence-corrected chi connectivity index (χ3v) is 5.79. The molecule has 0 saturated heterocycles. The van der Waals surface area contributed by atoms with Crippen LogP contribution >= 0.6 is 0 Å². The monoisotopic (exact) mass is 379 g/mol. The number of phenolic OH excluding ortho intramolecular Hbond substituents is 1. The first-order chi connectivity index (χ1) is 14.2. The molecule has 3 nitrogen and oxygen atoms in total. The Bertz CT molecular complexity index is 1200. The molecule has 0 radical (unpaired) electrons. The summed E-state index contributed by atoms with van der Waals surface area (Å²) in [4.78, 5) is 15.4. The number of hydrogen-bond acceptors (Lipinski definition) is 2. The highest BCUT2D eigenvalue weighted by atomic mass is 16.3. The number of aromatic hydroxyl groups is 1. The van der Waals surface area contributed by atoms with Crippen molar-refractivity contribution in [2.75, 3.05) is 6.54 Å². The molecule has 3 heteroatoms. The standard InChI is InChI=1S/C26H21NO2/c28-23-15-14-18-8-4-6-12-21(18)24(23)25-22-13-7-5-9-19(22)16-17-27(25)26(29)20-10-2-1-3-11-20/h1-15,25,28H,16-17H2. The predicted molar refractivity (Wildman–Crippen MR) is 115 cm³/mol. The minimum Gasteiger partial charge on any atom is -0.508 e. The molecule has 1 atom stereocenters. The van der Waals surface area contributed by atoms with Gasteiger partial charge in [-0.05, 0) is 46.5 Å². The lowest BCUT2D eigenvalue weighted by molar-refractivity contribution is 0.0694. The first-order valence-corrected chi connectivity index (χ1v) is 9.88. The molecule has 29 heavy (non-hydrogen) atoms. The second-order valence-corrected chi connectivity index (χ2v) is 7.44. The van der Waals surface area contributed by atoms with Gasteiger partial charge in [-0.1, -0.05) is 72.8 Å². The molecule has 0 aromatic heterocycles. The lowest BCUT2D eigenvalue weighted by atomic mass is 9.85. The summed E-state index contributed by atoms with van der Waals surface area (Å²) in [5.74, 6) is 0.203. The van der Waals surface area contributed by atoms with Crippen LogP contribution in [-0.2, 0) is 6.42 Å². The fourth-order valence-corrected chi connectivity index (χ4v) is 4.41. The van der Waals surface area contributed by atoms with Gasteiger partial charge in [0.15, 0.2) is 0 Å². The Morgan fingerprint density at radius 1 is 0.828 bits per heavy atom. The van der Waals surface area contributed by atoms with Crippen molar-refractivity contribution in [3.8, 4) is 5.75 Å². The van der Waals surface area contributed by atoms with Crippen LogP contribution in [0.4, 0.5) is 0 Å². The van der Waals surface area contributed by atoms with Crippen LogP contribution < -0.4 is 0 Å². The molecule has 1 aliphatic heterocycles. The summed E-state index contributed by atoms with van der Waals surface area (Å²) in [5, 5.41) is 12.9. The van der Waals surface area contributed by atoms with Crippen LogP contribution in [0.2, 0.25) is 0 Å². The van der Waals surface area contributed by atoms with Gasteiger partial charge in [0, 0.05) is 17.7 Å². The number of nitrogens with zero attached hydrogens (tertiary/aromatic N) is 1. The quantitative estimate of drug-likeness (QED) is 0.511. The summed E-state index contributed by atoms with van der Waals surface area (Å²) in [5.41, 5.74) is 3.76. The van der Waals surface area contributed by atoms with Crippen LogP contribution in [-0.4, -0.2) is 22.5 Å². The average molecular weight is 379 g/mol. The highest BCUT2D eigenvalue weighted by Gasteiger charge is 2.34. The van der Waals surface area contributed by atoms with Gasteiger partial charge in [-0.15, -0.1) is 0 Å². The largest absolute Gasteiger partial charge is 0.508 e. The molecule has 4 aromatic carbocycles.